The van der Waals surface area contributed by atoms with E-state index in [1.165, 1.54) is 6.07 Å². The number of carboxylic acids is 1. The van der Waals surface area contributed by atoms with Crippen LogP contribution in [-0.2, 0) is 16.0 Å². The maximum atomic E-state index is 10.8. The molecule has 0 aromatic heterocycles. The van der Waals surface area contributed by atoms with Crippen LogP contribution in [0.5, 0.6) is 5.75 Å². The lowest BCUT2D eigenvalue weighted by atomic mass is 10.1. The lowest BCUT2D eigenvalue weighted by Gasteiger charge is -2.00. The first-order valence-electron chi connectivity index (χ1n) is 4.14. The van der Waals surface area contributed by atoms with Crippen LogP contribution >= 0.6 is 0 Å². The molecule has 16 heavy (non-hydrogen) atoms. The van der Waals surface area contributed by atoms with Crippen LogP contribution in [0.25, 0.3) is 0 Å². The van der Waals surface area contributed by atoms with E-state index in [0.717, 1.165) is 12.1 Å². The summed E-state index contributed by atoms with van der Waals surface area (Å²) in [7, 11) is 0. The van der Waals surface area contributed by atoms with Gasteiger partial charge in [-0.2, -0.15) is 0 Å². The summed E-state index contributed by atoms with van der Waals surface area (Å²) in [6, 6.07) is 3.23. The average molecular weight is 225 g/mol. The molecule has 7 nitrogen and oxygen atoms in total. The fraction of sp³-hybridized carbons (Fsp3) is 0.111. The fourth-order valence-corrected chi connectivity index (χ4v) is 1.09. The molecule has 2 N–H and O–H groups in total. The minimum Gasteiger partial charge on any atom is -0.502 e. The maximum absolute atomic E-state index is 10.8. The molecule has 0 aliphatic rings. The first-order valence-corrected chi connectivity index (χ1v) is 4.14. The lowest BCUT2D eigenvalue weighted by Crippen LogP contribution is -2.14. The summed E-state index contributed by atoms with van der Waals surface area (Å²) >= 11 is 0. The number of hydrogen-bond donors (Lipinski definition) is 2. The minimum atomic E-state index is -1.59. The summed E-state index contributed by atoms with van der Waals surface area (Å²) in [5.74, 6) is -3.23. The number of phenols is 1. The van der Waals surface area contributed by atoms with Crippen molar-refractivity contribution in [2.24, 2.45) is 0 Å². The molecule has 0 heterocycles. The average Bonchev–Trinajstić information content (AvgIpc) is 2.16. The Kier molecular flexibility index (Phi) is 3.19. The molecule has 0 amide bonds. The topological polar surface area (TPSA) is 118 Å². The van der Waals surface area contributed by atoms with Crippen LogP contribution in [0.15, 0.2) is 18.2 Å². The van der Waals surface area contributed by atoms with E-state index in [-0.39, 0.29) is 5.56 Å². The second-order valence-corrected chi connectivity index (χ2v) is 2.99. The number of nitrogens with zero attached hydrogens (tertiary/aromatic N) is 1. The van der Waals surface area contributed by atoms with Gasteiger partial charge in [0.1, 0.15) is 0 Å². The van der Waals surface area contributed by atoms with E-state index in [4.69, 9.17) is 5.11 Å². The maximum Gasteiger partial charge on any atom is 0.372 e. The third-order valence-electron chi connectivity index (χ3n) is 1.84. The largest absolute Gasteiger partial charge is 0.502 e. The van der Waals surface area contributed by atoms with Crippen LogP contribution in [0.3, 0.4) is 0 Å². The zero-order valence-corrected chi connectivity index (χ0v) is 7.91. The number of phenolic OH excluding ortho intramolecular Hbond substituents is 1. The molecule has 1 rings (SSSR count). The molecule has 0 radical (unpaired) electrons. The Hall–Kier alpha value is -2.44. The van der Waals surface area contributed by atoms with Crippen LogP contribution in [0.4, 0.5) is 5.69 Å². The highest BCUT2D eigenvalue weighted by Crippen LogP contribution is 2.26. The van der Waals surface area contributed by atoms with Crippen molar-refractivity contribution in [3.63, 3.8) is 0 Å². The second-order valence-electron chi connectivity index (χ2n) is 2.99. The number of aliphatic carboxylic acids is 1. The Morgan fingerprint density at radius 3 is 2.44 bits per heavy atom. The Morgan fingerprint density at radius 1 is 1.38 bits per heavy atom. The number of benzene rings is 1. The van der Waals surface area contributed by atoms with E-state index in [2.05, 4.69) is 0 Å². The predicted molar refractivity (Wildman–Crippen MR) is 51.1 cm³/mol. The molecule has 0 saturated carbocycles. The highest BCUT2D eigenvalue weighted by atomic mass is 16.6. The highest BCUT2D eigenvalue weighted by Gasteiger charge is 2.16. The Morgan fingerprint density at radius 2 is 2.00 bits per heavy atom. The van der Waals surface area contributed by atoms with E-state index in [1.54, 1.807) is 0 Å². The van der Waals surface area contributed by atoms with Crippen molar-refractivity contribution in [2.45, 2.75) is 6.42 Å². The number of hydrogen-bond acceptors (Lipinski definition) is 5. The number of Topliss-reactive ketones (excluding diaryl/α,β-unsaturated/α-hetero) is 1. The van der Waals surface area contributed by atoms with E-state index < -0.39 is 34.5 Å². The molecule has 84 valence electrons. The quantitative estimate of drug-likeness (QED) is 0.437. The van der Waals surface area contributed by atoms with Gasteiger partial charge in [-0.05, 0) is 11.6 Å². The zero-order chi connectivity index (χ0) is 12.3. The van der Waals surface area contributed by atoms with E-state index in [9.17, 15) is 24.8 Å². The molecule has 0 saturated heterocycles. The fourth-order valence-electron chi connectivity index (χ4n) is 1.09. The van der Waals surface area contributed by atoms with Gasteiger partial charge in [-0.15, -0.1) is 0 Å². The van der Waals surface area contributed by atoms with Gasteiger partial charge < -0.3 is 10.2 Å². The Balaban J connectivity index is 2.94. The number of carbonyl (C=O) groups excluding carboxylic acids is 1. The number of nitro groups is 1. The van der Waals surface area contributed by atoms with Gasteiger partial charge in [0, 0.05) is 12.5 Å². The van der Waals surface area contributed by atoms with E-state index in [1.807, 2.05) is 0 Å². The van der Waals surface area contributed by atoms with Crippen LogP contribution in [0.1, 0.15) is 5.56 Å². The summed E-state index contributed by atoms with van der Waals surface area (Å²) in [6.45, 7) is 0. The van der Waals surface area contributed by atoms with Gasteiger partial charge in [0.2, 0.25) is 5.78 Å². The SMILES string of the molecule is O=C(O)C(=O)Cc1ccc([N+](=O)[O-])c(O)c1. The van der Waals surface area contributed by atoms with Crippen molar-refractivity contribution in [3.8, 4) is 5.75 Å². The zero-order valence-electron chi connectivity index (χ0n) is 7.91. The van der Waals surface area contributed by atoms with Crippen LogP contribution in [-0.4, -0.2) is 26.9 Å². The molecule has 0 spiro atoms. The van der Waals surface area contributed by atoms with Crippen molar-refractivity contribution in [3.05, 3.63) is 33.9 Å². The molecule has 1 aromatic rings. The van der Waals surface area contributed by atoms with Gasteiger partial charge in [-0.1, -0.05) is 6.07 Å². The number of rotatable bonds is 4. The number of carboxylic acid groups (broad SMARTS) is 1. The molecular formula is C9H7NO6. The number of aromatic hydroxyl groups is 1. The van der Waals surface area contributed by atoms with Gasteiger partial charge in [0.25, 0.3) is 0 Å². The van der Waals surface area contributed by atoms with Crippen molar-refractivity contribution < 1.29 is 24.7 Å². The first kappa shape index (κ1) is 11.6. The van der Waals surface area contributed by atoms with Crippen LogP contribution in [0.2, 0.25) is 0 Å². The first-order chi connectivity index (χ1) is 7.41. The van der Waals surface area contributed by atoms with Gasteiger partial charge in [0.15, 0.2) is 5.75 Å². The van der Waals surface area contributed by atoms with Gasteiger partial charge in [-0.3, -0.25) is 14.9 Å². The van der Waals surface area contributed by atoms with Crippen molar-refractivity contribution in [2.75, 3.05) is 0 Å². The monoisotopic (exact) mass is 225 g/mol. The number of carbonyl (C=O) groups is 2. The van der Waals surface area contributed by atoms with Gasteiger partial charge in [-0.25, -0.2) is 4.79 Å². The smallest absolute Gasteiger partial charge is 0.372 e. The molecule has 0 aliphatic carbocycles. The normalized spacial score (nSPS) is 9.75. The standard InChI is InChI=1S/C9H7NO6/c11-7-3-5(4-8(12)9(13)14)1-2-6(7)10(15)16/h1-3,11H,4H2,(H,13,14). The minimum absolute atomic E-state index is 0.204. The molecule has 0 bridgehead atoms. The molecule has 7 heteroatoms. The van der Waals surface area contributed by atoms with Crippen molar-refractivity contribution >= 4 is 17.4 Å². The van der Waals surface area contributed by atoms with Crippen molar-refractivity contribution in [1.82, 2.24) is 0 Å². The molecule has 1 aromatic carbocycles. The summed E-state index contributed by atoms with van der Waals surface area (Å²) in [4.78, 5) is 30.6. The molecule has 0 atom stereocenters. The summed E-state index contributed by atoms with van der Waals surface area (Å²) in [5, 5.41) is 27.9. The van der Waals surface area contributed by atoms with Gasteiger partial charge >= 0.3 is 11.7 Å². The summed E-state index contributed by atoms with van der Waals surface area (Å²) in [6.07, 6.45) is -0.416. The van der Waals surface area contributed by atoms with Crippen LogP contribution < -0.4 is 0 Å². The molecular weight excluding hydrogens is 218 g/mol. The Bertz CT molecular complexity index is 467. The Labute approximate surface area is 89.1 Å². The van der Waals surface area contributed by atoms with Crippen LogP contribution in [0, 0.1) is 10.1 Å². The predicted octanol–water partition coefficient (Wildman–Crippen LogP) is 0.497. The molecule has 0 fully saturated rings. The van der Waals surface area contributed by atoms with E-state index >= 15 is 0 Å². The lowest BCUT2D eigenvalue weighted by molar-refractivity contribution is -0.385. The van der Waals surface area contributed by atoms with Crippen molar-refractivity contribution in [1.29, 1.82) is 0 Å². The summed E-state index contributed by atoms with van der Waals surface area (Å²) < 4.78 is 0. The third kappa shape index (κ3) is 2.53. The van der Waals surface area contributed by atoms with Gasteiger partial charge in [0.05, 0.1) is 4.92 Å². The molecule has 0 aliphatic heterocycles. The number of ketones is 1. The third-order valence-corrected chi connectivity index (χ3v) is 1.84. The summed E-state index contributed by atoms with van der Waals surface area (Å²) in [5.41, 5.74) is -0.290. The van der Waals surface area contributed by atoms with E-state index in [0.29, 0.717) is 0 Å². The molecule has 0 unspecified atom stereocenters. The second kappa shape index (κ2) is 4.39. The number of nitro benzene ring substituents is 1. The highest BCUT2D eigenvalue weighted by molar-refractivity contribution is 6.33.